The number of hydrogen-bond acceptors (Lipinski definition) is 4. The standard InChI is InChI=1S/C14H21ClN4O/c1-4-19(5-2)11(20)8-16-13-9(3)12(15)17-14(18-13)10-6-7-10/h10H,4-8H2,1-3H3,(H,16,17,18). The number of nitrogens with zero attached hydrogens (tertiary/aromatic N) is 3. The van der Waals surface area contributed by atoms with Crippen LogP contribution in [0.3, 0.4) is 0 Å². The minimum Gasteiger partial charge on any atom is -0.361 e. The summed E-state index contributed by atoms with van der Waals surface area (Å²) in [5.74, 6) is 1.97. The molecule has 2 rings (SSSR count). The van der Waals surface area contributed by atoms with Gasteiger partial charge in [0.2, 0.25) is 5.91 Å². The quantitative estimate of drug-likeness (QED) is 0.820. The summed E-state index contributed by atoms with van der Waals surface area (Å²) in [5.41, 5.74) is 0.795. The average Bonchev–Trinajstić information content (AvgIpc) is 3.26. The number of aromatic nitrogens is 2. The summed E-state index contributed by atoms with van der Waals surface area (Å²) >= 11 is 6.14. The molecule has 0 saturated heterocycles. The third-order valence-corrected chi connectivity index (χ3v) is 3.94. The van der Waals surface area contributed by atoms with Crippen LogP contribution in [0.4, 0.5) is 5.82 Å². The van der Waals surface area contributed by atoms with Crippen molar-refractivity contribution in [3.63, 3.8) is 0 Å². The predicted molar refractivity (Wildman–Crippen MR) is 80.2 cm³/mol. The molecule has 1 aromatic heterocycles. The van der Waals surface area contributed by atoms with Crippen molar-refractivity contribution in [2.75, 3.05) is 25.0 Å². The van der Waals surface area contributed by atoms with E-state index in [-0.39, 0.29) is 12.5 Å². The van der Waals surface area contributed by atoms with Crippen LogP contribution in [0, 0.1) is 6.92 Å². The van der Waals surface area contributed by atoms with Gasteiger partial charge in [-0.25, -0.2) is 9.97 Å². The van der Waals surface area contributed by atoms with Gasteiger partial charge in [0.1, 0.15) is 16.8 Å². The van der Waals surface area contributed by atoms with Crippen LogP contribution in [-0.2, 0) is 4.79 Å². The number of carbonyl (C=O) groups is 1. The first-order valence-electron chi connectivity index (χ1n) is 7.12. The molecule has 1 N–H and O–H groups in total. The van der Waals surface area contributed by atoms with Gasteiger partial charge >= 0.3 is 0 Å². The number of likely N-dealkylation sites (N-methyl/N-ethyl adjacent to an activating group) is 1. The smallest absolute Gasteiger partial charge is 0.241 e. The summed E-state index contributed by atoms with van der Waals surface area (Å²) in [6.07, 6.45) is 2.24. The number of amides is 1. The van der Waals surface area contributed by atoms with E-state index in [0.29, 0.717) is 30.0 Å². The Morgan fingerprint density at radius 2 is 2.00 bits per heavy atom. The van der Waals surface area contributed by atoms with Crippen LogP contribution in [-0.4, -0.2) is 40.4 Å². The van der Waals surface area contributed by atoms with Crippen molar-refractivity contribution in [3.05, 3.63) is 16.5 Å². The number of halogens is 1. The van der Waals surface area contributed by atoms with Crippen LogP contribution in [0.15, 0.2) is 0 Å². The molecule has 110 valence electrons. The van der Waals surface area contributed by atoms with Gasteiger partial charge in [-0.2, -0.15) is 0 Å². The van der Waals surface area contributed by atoms with Gasteiger partial charge in [0.15, 0.2) is 0 Å². The van der Waals surface area contributed by atoms with Crippen LogP contribution in [0.25, 0.3) is 0 Å². The van der Waals surface area contributed by atoms with E-state index in [0.717, 1.165) is 24.2 Å². The lowest BCUT2D eigenvalue weighted by Gasteiger charge is -2.19. The van der Waals surface area contributed by atoms with Crippen LogP contribution in [0.2, 0.25) is 5.15 Å². The molecular weight excluding hydrogens is 276 g/mol. The number of rotatable bonds is 6. The monoisotopic (exact) mass is 296 g/mol. The van der Waals surface area contributed by atoms with E-state index in [1.54, 1.807) is 4.90 Å². The first-order chi connectivity index (χ1) is 9.56. The Hall–Kier alpha value is -1.36. The molecule has 0 radical (unpaired) electrons. The predicted octanol–water partition coefficient (Wildman–Crippen LogP) is 2.60. The normalized spacial score (nSPS) is 14.2. The van der Waals surface area contributed by atoms with E-state index < -0.39 is 0 Å². The Bertz CT molecular complexity index is 498. The Morgan fingerprint density at radius 3 is 2.55 bits per heavy atom. The van der Waals surface area contributed by atoms with Crippen molar-refractivity contribution in [3.8, 4) is 0 Å². The highest BCUT2D eigenvalue weighted by Crippen LogP contribution is 2.39. The molecule has 1 saturated carbocycles. The maximum Gasteiger partial charge on any atom is 0.241 e. The maximum atomic E-state index is 12.0. The Morgan fingerprint density at radius 1 is 1.35 bits per heavy atom. The third-order valence-electron chi connectivity index (χ3n) is 3.57. The SMILES string of the molecule is CCN(CC)C(=O)CNc1nc(C2CC2)nc(Cl)c1C. The van der Waals surface area contributed by atoms with Gasteiger partial charge in [-0.15, -0.1) is 0 Å². The second-order valence-corrected chi connectivity index (χ2v) is 5.40. The molecule has 1 heterocycles. The lowest BCUT2D eigenvalue weighted by Crippen LogP contribution is -2.35. The first kappa shape index (κ1) is 15.0. The van der Waals surface area contributed by atoms with Crippen molar-refractivity contribution < 1.29 is 4.79 Å². The van der Waals surface area contributed by atoms with E-state index in [4.69, 9.17) is 11.6 Å². The molecule has 0 unspecified atom stereocenters. The van der Waals surface area contributed by atoms with Gasteiger partial charge in [-0.05, 0) is 33.6 Å². The molecule has 0 aromatic carbocycles. The number of carbonyl (C=O) groups excluding carboxylic acids is 1. The van der Waals surface area contributed by atoms with Gasteiger partial charge in [0.05, 0.1) is 6.54 Å². The molecule has 0 bridgehead atoms. The summed E-state index contributed by atoms with van der Waals surface area (Å²) in [7, 11) is 0. The van der Waals surface area contributed by atoms with Gasteiger partial charge in [-0.1, -0.05) is 11.6 Å². The summed E-state index contributed by atoms with van der Waals surface area (Å²) in [6, 6.07) is 0. The van der Waals surface area contributed by atoms with Gasteiger partial charge < -0.3 is 10.2 Å². The second kappa shape index (κ2) is 6.39. The molecule has 1 aliphatic rings. The molecule has 5 nitrogen and oxygen atoms in total. The minimum atomic E-state index is 0.0668. The van der Waals surface area contributed by atoms with E-state index in [1.165, 1.54) is 0 Å². The molecule has 20 heavy (non-hydrogen) atoms. The fourth-order valence-corrected chi connectivity index (χ4v) is 2.23. The van der Waals surface area contributed by atoms with E-state index in [9.17, 15) is 4.79 Å². The average molecular weight is 297 g/mol. The fourth-order valence-electron chi connectivity index (χ4n) is 2.05. The van der Waals surface area contributed by atoms with Crippen molar-refractivity contribution in [1.82, 2.24) is 14.9 Å². The highest BCUT2D eigenvalue weighted by Gasteiger charge is 2.28. The van der Waals surface area contributed by atoms with Crippen molar-refractivity contribution in [2.24, 2.45) is 0 Å². The van der Waals surface area contributed by atoms with Crippen molar-refractivity contribution >= 4 is 23.3 Å². The largest absolute Gasteiger partial charge is 0.361 e. The molecule has 6 heteroatoms. The van der Waals surface area contributed by atoms with Crippen LogP contribution in [0.5, 0.6) is 0 Å². The molecule has 1 aromatic rings. The van der Waals surface area contributed by atoms with Gasteiger partial charge in [-0.3, -0.25) is 4.79 Å². The highest BCUT2D eigenvalue weighted by molar-refractivity contribution is 6.30. The number of hydrogen-bond donors (Lipinski definition) is 1. The fraction of sp³-hybridized carbons (Fsp3) is 0.643. The molecule has 1 fully saturated rings. The molecule has 0 atom stereocenters. The maximum absolute atomic E-state index is 12.0. The highest BCUT2D eigenvalue weighted by atomic mass is 35.5. The van der Waals surface area contributed by atoms with Gasteiger partial charge in [0, 0.05) is 24.6 Å². The summed E-state index contributed by atoms with van der Waals surface area (Å²) < 4.78 is 0. The topological polar surface area (TPSA) is 58.1 Å². The van der Waals surface area contributed by atoms with E-state index >= 15 is 0 Å². The number of nitrogens with one attached hydrogen (secondary N) is 1. The van der Waals surface area contributed by atoms with Crippen molar-refractivity contribution in [1.29, 1.82) is 0 Å². The van der Waals surface area contributed by atoms with Crippen molar-refractivity contribution in [2.45, 2.75) is 39.5 Å². The summed E-state index contributed by atoms with van der Waals surface area (Å²) in [5, 5.41) is 3.57. The zero-order chi connectivity index (χ0) is 14.7. The zero-order valence-electron chi connectivity index (χ0n) is 12.2. The molecule has 0 spiro atoms. The van der Waals surface area contributed by atoms with E-state index in [2.05, 4.69) is 15.3 Å². The summed E-state index contributed by atoms with van der Waals surface area (Å²) in [4.78, 5) is 22.6. The second-order valence-electron chi connectivity index (χ2n) is 5.04. The van der Waals surface area contributed by atoms with Crippen LogP contribution in [0.1, 0.15) is 44.0 Å². The van der Waals surface area contributed by atoms with Crippen LogP contribution >= 0.6 is 11.6 Å². The molecule has 1 amide bonds. The lowest BCUT2D eigenvalue weighted by molar-refractivity contribution is -0.128. The molecule has 1 aliphatic carbocycles. The Labute approximate surface area is 124 Å². The third kappa shape index (κ3) is 3.39. The Kier molecular flexibility index (Phi) is 4.81. The zero-order valence-corrected chi connectivity index (χ0v) is 13.0. The van der Waals surface area contributed by atoms with Crippen LogP contribution < -0.4 is 5.32 Å². The molecule has 0 aliphatic heterocycles. The minimum absolute atomic E-state index is 0.0668. The summed E-state index contributed by atoms with van der Waals surface area (Å²) in [6.45, 7) is 7.48. The van der Waals surface area contributed by atoms with E-state index in [1.807, 2.05) is 20.8 Å². The lowest BCUT2D eigenvalue weighted by atomic mass is 10.3. The van der Waals surface area contributed by atoms with Gasteiger partial charge in [0.25, 0.3) is 0 Å². The molecular formula is C14H21ClN4O. The number of anilines is 1. The Balaban J connectivity index is 2.07. The first-order valence-corrected chi connectivity index (χ1v) is 7.50.